The van der Waals surface area contributed by atoms with Gasteiger partial charge in [0.05, 0.1) is 0 Å². The summed E-state index contributed by atoms with van der Waals surface area (Å²) in [5, 5.41) is 2.92. The van der Waals surface area contributed by atoms with Gasteiger partial charge in [0.2, 0.25) is 10.0 Å². The minimum atomic E-state index is -3.43. The second-order valence-electron chi connectivity index (χ2n) is 4.69. The van der Waals surface area contributed by atoms with Gasteiger partial charge in [-0.25, -0.2) is 18.1 Å². The number of hydrogen-bond acceptors (Lipinski definition) is 4. The first-order valence-corrected chi connectivity index (χ1v) is 7.68. The molecule has 0 spiro atoms. The Labute approximate surface area is 108 Å². The van der Waals surface area contributed by atoms with Crippen molar-refractivity contribution in [3.63, 3.8) is 0 Å². The van der Waals surface area contributed by atoms with E-state index < -0.39 is 10.0 Å². The van der Waals surface area contributed by atoms with E-state index in [1.807, 2.05) is 6.92 Å². The lowest BCUT2D eigenvalue weighted by Crippen LogP contribution is -2.32. The first-order valence-electron chi connectivity index (χ1n) is 6.19. The Morgan fingerprint density at radius 2 is 2.00 bits per heavy atom. The van der Waals surface area contributed by atoms with Crippen molar-refractivity contribution >= 4 is 15.8 Å². The van der Waals surface area contributed by atoms with Crippen LogP contribution >= 0.6 is 0 Å². The standard InChI is InChI=1S/C12H19N3O2S/c1-9-7-11(8-14-12(9)13-2)18(16,17)15-10-5-3-4-6-10/h7-8,10,15H,3-6H2,1-2H3,(H,13,14). The highest BCUT2D eigenvalue weighted by molar-refractivity contribution is 7.89. The topological polar surface area (TPSA) is 71.1 Å². The van der Waals surface area contributed by atoms with Gasteiger partial charge in [-0.2, -0.15) is 0 Å². The van der Waals surface area contributed by atoms with Crippen LogP contribution in [0, 0.1) is 6.92 Å². The average Bonchev–Trinajstić information content (AvgIpc) is 2.81. The fourth-order valence-electron chi connectivity index (χ4n) is 2.29. The monoisotopic (exact) mass is 269 g/mol. The Kier molecular flexibility index (Phi) is 3.87. The molecule has 100 valence electrons. The maximum atomic E-state index is 12.2. The largest absolute Gasteiger partial charge is 0.373 e. The van der Waals surface area contributed by atoms with E-state index in [1.165, 1.54) is 6.20 Å². The van der Waals surface area contributed by atoms with Crippen LogP contribution in [0.3, 0.4) is 0 Å². The predicted octanol–water partition coefficient (Wildman–Crippen LogP) is 1.65. The molecule has 1 aliphatic carbocycles. The lowest BCUT2D eigenvalue weighted by molar-refractivity contribution is 0.552. The molecule has 0 aliphatic heterocycles. The summed E-state index contributed by atoms with van der Waals surface area (Å²) in [5.41, 5.74) is 0.826. The summed E-state index contributed by atoms with van der Waals surface area (Å²) >= 11 is 0. The van der Waals surface area contributed by atoms with Crippen molar-refractivity contribution in [3.8, 4) is 0 Å². The van der Waals surface area contributed by atoms with Crippen molar-refractivity contribution in [2.24, 2.45) is 0 Å². The maximum absolute atomic E-state index is 12.2. The molecule has 1 heterocycles. The van der Waals surface area contributed by atoms with Crippen LogP contribution < -0.4 is 10.0 Å². The van der Waals surface area contributed by atoms with Crippen molar-refractivity contribution in [2.45, 2.75) is 43.5 Å². The molecule has 0 aromatic carbocycles. The first-order chi connectivity index (χ1) is 8.53. The number of hydrogen-bond donors (Lipinski definition) is 2. The van der Waals surface area contributed by atoms with Crippen LogP contribution in [0.4, 0.5) is 5.82 Å². The van der Waals surface area contributed by atoms with E-state index in [9.17, 15) is 8.42 Å². The van der Waals surface area contributed by atoms with Crippen LogP contribution in [0.15, 0.2) is 17.2 Å². The zero-order valence-corrected chi connectivity index (χ0v) is 11.5. The molecule has 1 aromatic rings. The molecule has 1 aliphatic rings. The fraction of sp³-hybridized carbons (Fsp3) is 0.583. The lowest BCUT2D eigenvalue weighted by atomic mass is 10.3. The van der Waals surface area contributed by atoms with Gasteiger partial charge in [-0.15, -0.1) is 0 Å². The smallest absolute Gasteiger partial charge is 0.242 e. The van der Waals surface area contributed by atoms with E-state index in [0.717, 1.165) is 31.2 Å². The maximum Gasteiger partial charge on any atom is 0.242 e. The summed E-state index contributed by atoms with van der Waals surface area (Å²) in [6.07, 6.45) is 5.46. The molecule has 0 saturated heterocycles. The Morgan fingerprint density at radius 3 is 2.56 bits per heavy atom. The molecular weight excluding hydrogens is 250 g/mol. The molecule has 6 heteroatoms. The molecular formula is C12H19N3O2S. The molecule has 0 atom stereocenters. The van der Waals surface area contributed by atoms with E-state index in [-0.39, 0.29) is 10.9 Å². The molecule has 18 heavy (non-hydrogen) atoms. The third-order valence-electron chi connectivity index (χ3n) is 3.28. The first kappa shape index (κ1) is 13.3. The van der Waals surface area contributed by atoms with Crippen LogP contribution in [0.1, 0.15) is 31.2 Å². The van der Waals surface area contributed by atoms with Gasteiger partial charge in [0.25, 0.3) is 0 Å². The molecule has 5 nitrogen and oxygen atoms in total. The van der Waals surface area contributed by atoms with Gasteiger partial charge in [0, 0.05) is 19.3 Å². The minimum absolute atomic E-state index is 0.0827. The Bertz CT molecular complexity index is 522. The second-order valence-corrected chi connectivity index (χ2v) is 6.40. The van der Waals surface area contributed by atoms with Gasteiger partial charge >= 0.3 is 0 Å². The second kappa shape index (κ2) is 5.24. The third-order valence-corrected chi connectivity index (χ3v) is 4.76. The van der Waals surface area contributed by atoms with Gasteiger partial charge in [0.1, 0.15) is 10.7 Å². The molecule has 1 aromatic heterocycles. The summed E-state index contributed by atoms with van der Waals surface area (Å²) in [6, 6.07) is 1.73. The van der Waals surface area contributed by atoms with Gasteiger partial charge < -0.3 is 5.32 Å². The van der Waals surface area contributed by atoms with Gasteiger partial charge in [-0.05, 0) is 31.4 Å². The number of nitrogens with one attached hydrogen (secondary N) is 2. The van der Waals surface area contributed by atoms with E-state index >= 15 is 0 Å². The quantitative estimate of drug-likeness (QED) is 0.872. The van der Waals surface area contributed by atoms with E-state index in [4.69, 9.17) is 0 Å². The average molecular weight is 269 g/mol. The van der Waals surface area contributed by atoms with Crippen LogP contribution in [0.2, 0.25) is 0 Å². The van der Waals surface area contributed by atoms with Crippen molar-refractivity contribution in [1.29, 1.82) is 0 Å². The predicted molar refractivity (Wildman–Crippen MR) is 71.1 cm³/mol. The Hall–Kier alpha value is -1.14. The zero-order valence-electron chi connectivity index (χ0n) is 10.7. The van der Waals surface area contributed by atoms with E-state index in [2.05, 4.69) is 15.0 Å². The van der Waals surface area contributed by atoms with Crippen molar-refractivity contribution in [1.82, 2.24) is 9.71 Å². The Morgan fingerprint density at radius 1 is 1.33 bits per heavy atom. The number of pyridine rings is 1. The molecule has 0 unspecified atom stereocenters. The normalized spacial score (nSPS) is 17.0. The minimum Gasteiger partial charge on any atom is -0.373 e. The number of nitrogens with zero attached hydrogens (tertiary/aromatic N) is 1. The van der Waals surface area contributed by atoms with Gasteiger partial charge in [0.15, 0.2) is 0 Å². The molecule has 2 rings (SSSR count). The summed E-state index contributed by atoms with van der Waals surface area (Å²) < 4.78 is 27.1. The summed E-state index contributed by atoms with van der Waals surface area (Å²) in [5.74, 6) is 0.704. The van der Waals surface area contributed by atoms with Crippen LogP contribution in [0.5, 0.6) is 0 Å². The van der Waals surface area contributed by atoms with Gasteiger partial charge in [-0.1, -0.05) is 12.8 Å². The van der Waals surface area contributed by atoms with Gasteiger partial charge in [-0.3, -0.25) is 0 Å². The molecule has 0 amide bonds. The Balaban J connectivity index is 2.21. The van der Waals surface area contributed by atoms with Crippen molar-refractivity contribution in [3.05, 3.63) is 17.8 Å². The third kappa shape index (κ3) is 2.81. The highest BCUT2D eigenvalue weighted by Crippen LogP contribution is 2.21. The number of anilines is 1. The molecule has 0 radical (unpaired) electrons. The van der Waals surface area contributed by atoms with Crippen LogP contribution in [-0.2, 0) is 10.0 Å². The van der Waals surface area contributed by atoms with Crippen LogP contribution in [0.25, 0.3) is 0 Å². The molecule has 1 fully saturated rings. The van der Waals surface area contributed by atoms with Crippen molar-refractivity contribution in [2.75, 3.05) is 12.4 Å². The SMILES string of the molecule is CNc1ncc(S(=O)(=O)NC2CCCC2)cc1C. The lowest BCUT2D eigenvalue weighted by Gasteiger charge is -2.13. The molecule has 1 saturated carbocycles. The molecule has 2 N–H and O–H groups in total. The van der Waals surface area contributed by atoms with E-state index in [0.29, 0.717) is 5.82 Å². The molecule has 0 bridgehead atoms. The zero-order chi connectivity index (χ0) is 13.2. The van der Waals surface area contributed by atoms with Crippen molar-refractivity contribution < 1.29 is 8.42 Å². The fourth-order valence-corrected chi connectivity index (χ4v) is 3.62. The number of aryl methyl sites for hydroxylation is 1. The number of sulfonamides is 1. The number of aromatic nitrogens is 1. The highest BCUT2D eigenvalue weighted by Gasteiger charge is 2.23. The summed E-state index contributed by atoms with van der Waals surface area (Å²) in [4.78, 5) is 4.35. The number of rotatable bonds is 4. The van der Waals surface area contributed by atoms with Crippen LogP contribution in [-0.4, -0.2) is 26.5 Å². The van der Waals surface area contributed by atoms with E-state index in [1.54, 1.807) is 13.1 Å². The highest BCUT2D eigenvalue weighted by atomic mass is 32.2. The summed E-state index contributed by atoms with van der Waals surface area (Å²) in [7, 11) is -1.67. The summed E-state index contributed by atoms with van der Waals surface area (Å²) in [6.45, 7) is 1.84.